The number of hydrogen-bond donors (Lipinski definition) is 7. The number of aliphatic carboxylic acids is 1. The lowest BCUT2D eigenvalue weighted by molar-refractivity contribution is -0.169. The Balaban J connectivity index is -0.000000980. The van der Waals surface area contributed by atoms with Crippen LogP contribution in [0.5, 0.6) is 0 Å². The van der Waals surface area contributed by atoms with Crippen LogP contribution in [0.3, 0.4) is 0 Å². The number of carbonyl (C=O) groups is 1. The molecule has 0 bridgehead atoms. The molecular formula is C7H18O10. The summed E-state index contributed by atoms with van der Waals surface area (Å²) < 4.78 is 0. The van der Waals surface area contributed by atoms with Crippen molar-refractivity contribution in [2.75, 3.05) is 6.61 Å². The fourth-order valence-corrected chi connectivity index (χ4v) is 0.870. The maximum Gasteiger partial charge on any atom is 0.335 e. The first kappa shape index (κ1) is 21.4. The van der Waals surface area contributed by atoms with Gasteiger partial charge in [0.1, 0.15) is 24.4 Å². The Morgan fingerprint density at radius 3 is 1.59 bits per heavy atom. The van der Waals surface area contributed by atoms with Crippen LogP contribution in [0.25, 0.3) is 0 Å². The van der Waals surface area contributed by atoms with Crippen molar-refractivity contribution in [3.8, 4) is 0 Å². The third-order valence-corrected chi connectivity index (χ3v) is 1.86. The van der Waals surface area contributed by atoms with Crippen LogP contribution in [0.4, 0.5) is 0 Å². The lowest BCUT2D eigenvalue weighted by atomic mass is 9.99. The number of rotatable bonds is 6. The molecule has 11 N–H and O–H groups in total. The molecule has 10 heteroatoms. The molecule has 0 fully saturated rings. The Bertz CT molecular complexity index is 209. The van der Waals surface area contributed by atoms with Crippen LogP contribution in [0, 0.1) is 0 Å². The normalized spacial score (nSPS) is 18.9. The highest BCUT2D eigenvalue weighted by molar-refractivity contribution is 5.72. The van der Waals surface area contributed by atoms with Gasteiger partial charge in [0.15, 0.2) is 6.10 Å². The molecule has 0 amide bonds. The predicted molar refractivity (Wildman–Crippen MR) is 52.0 cm³/mol. The SMILES string of the molecule is O.O.O=C(O)[C@H](O)[C@H](O)[C@@H](O)[C@H](O)[C@H](O)CO. The molecule has 0 spiro atoms. The zero-order valence-corrected chi connectivity index (χ0v) is 8.63. The van der Waals surface area contributed by atoms with Crippen molar-refractivity contribution in [3.05, 3.63) is 0 Å². The topological polar surface area (TPSA) is 222 Å². The average molecular weight is 262 g/mol. The standard InChI is InChI=1S/C7H14O8.2H2O/c8-1-2(9)3(10)4(11)5(12)6(13)7(14)15;;/h2-6,8-13H,1H2,(H,14,15);2*1H2/t2-,3-,4+,5-,6-;;/m1../s1. The van der Waals surface area contributed by atoms with Crippen LogP contribution in [-0.4, -0.2) is 89.8 Å². The molecule has 0 aromatic heterocycles. The maximum absolute atomic E-state index is 10.2. The second kappa shape index (κ2) is 9.21. The molecule has 10 nitrogen and oxygen atoms in total. The maximum atomic E-state index is 10.2. The molecule has 0 aliphatic heterocycles. The Labute approximate surface area is 95.6 Å². The first-order chi connectivity index (χ1) is 6.82. The van der Waals surface area contributed by atoms with Crippen molar-refractivity contribution in [1.29, 1.82) is 0 Å². The minimum absolute atomic E-state index is 0. The summed E-state index contributed by atoms with van der Waals surface area (Å²) in [7, 11) is 0. The van der Waals surface area contributed by atoms with E-state index in [9.17, 15) is 4.79 Å². The molecule has 0 saturated carbocycles. The van der Waals surface area contributed by atoms with Gasteiger partial charge in [0.25, 0.3) is 0 Å². The fourth-order valence-electron chi connectivity index (χ4n) is 0.870. The molecule has 17 heavy (non-hydrogen) atoms. The third kappa shape index (κ3) is 5.86. The van der Waals surface area contributed by atoms with Crippen molar-refractivity contribution >= 4 is 5.97 Å². The molecule has 0 heterocycles. The summed E-state index contributed by atoms with van der Waals surface area (Å²) in [6.07, 6.45) is -10.2. The van der Waals surface area contributed by atoms with Crippen LogP contribution >= 0.6 is 0 Å². The molecule has 5 atom stereocenters. The largest absolute Gasteiger partial charge is 0.479 e. The summed E-state index contributed by atoms with van der Waals surface area (Å²) in [5.74, 6) is -1.78. The number of hydrogen-bond acceptors (Lipinski definition) is 7. The van der Waals surface area contributed by atoms with Gasteiger partial charge >= 0.3 is 5.97 Å². The summed E-state index contributed by atoms with van der Waals surface area (Å²) >= 11 is 0. The Morgan fingerprint density at radius 2 is 1.29 bits per heavy atom. The smallest absolute Gasteiger partial charge is 0.335 e. The second-order valence-corrected chi connectivity index (χ2v) is 3.00. The molecule has 0 unspecified atom stereocenters. The number of aliphatic hydroxyl groups excluding tert-OH is 6. The van der Waals surface area contributed by atoms with Gasteiger partial charge in [0.05, 0.1) is 6.61 Å². The Kier molecular flexibility index (Phi) is 11.6. The summed E-state index contributed by atoms with van der Waals surface area (Å²) in [5.41, 5.74) is 0. The lowest BCUT2D eigenvalue weighted by Crippen LogP contribution is -2.51. The van der Waals surface area contributed by atoms with Gasteiger partial charge in [-0.25, -0.2) is 4.79 Å². The number of carboxylic acid groups (broad SMARTS) is 1. The van der Waals surface area contributed by atoms with Crippen LogP contribution in [0.15, 0.2) is 0 Å². The highest BCUT2D eigenvalue weighted by Crippen LogP contribution is 2.08. The zero-order chi connectivity index (χ0) is 12.2. The highest BCUT2D eigenvalue weighted by atomic mass is 16.4. The van der Waals surface area contributed by atoms with Crippen molar-refractivity contribution in [3.63, 3.8) is 0 Å². The average Bonchev–Trinajstić information content (AvgIpc) is 2.23. The molecular weight excluding hydrogens is 244 g/mol. The molecule has 0 rings (SSSR count). The van der Waals surface area contributed by atoms with Gasteiger partial charge in [-0.3, -0.25) is 0 Å². The summed E-state index contributed by atoms with van der Waals surface area (Å²) in [6.45, 7) is -0.881. The minimum Gasteiger partial charge on any atom is -0.479 e. The zero-order valence-electron chi connectivity index (χ0n) is 8.63. The number of carboxylic acids is 1. The molecule has 106 valence electrons. The van der Waals surface area contributed by atoms with E-state index in [0.717, 1.165) is 0 Å². The van der Waals surface area contributed by atoms with E-state index in [1.807, 2.05) is 0 Å². The highest BCUT2D eigenvalue weighted by Gasteiger charge is 2.36. The summed E-state index contributed by atoms with van der Waals surface area (Å²) in [5, 5.41) is 61.5. The van der Waals surface area contributed by atoms with Crippen LogP contribution in [-0.2, 0) is 4.79 Å². The van der Waals surface area contributed by atoms with Gasteiger partial charge in [-0.05, 0) is 0 Å². The third-order valence-electron chi connectivity index (χ3n) is 1.86. The molecule has 0 aliphatic rings. The van der Waals surface area contributed by atoms with Crippen molar-refractivity contribution in [2.45, 2.75) is 30.5 Å². The van der Waals surface area contributed by atoms with E-state index in [0.29, 0.717) is 0 Å². The molecule has 0 radical (unpaired) electrons. The van der Waals surface area contributed by atoms with E-state index in [1.54, 1.807) is 0 Å². The van der Waals surface area contributed by atoms with Gasteiger partial charge in [-0.1, -0.05) is 0 Å². The second-order valence-electron chi connectivity index (χ2n) is 3.00. The monoisotopic (exact) mass is 262 g/mol. The van der Waals surface area contributed by atoms with Gasteiger partial charge in [-0.2, -0.15) is 0 Å². The molecule has 0 aromatic carbocycles. The van der Waals surface area contributed by atoms with Crippen LogP contribution in [0.2, 0.25) is 0 Å². The van der Waals surface area contributed by atoms with Crippen molar-refractivity contribution in [2.24, 2.45) is 0 Å². The van der Waals surface area contributed by atoms with E-state index in [2.05, 4.69) is 0 Å². The fraction of sp³-hybridized carbons (Fsp3) is 0.857. The minimum atomic E-state index is -2.29. The van der Waals surface area contributed by atoms with Crippen molar-refractivity contribution in [1.82, 2.24) is 0 Å². The Hall–Kier alpha value is -0.850. The van der Waals surface area contributed by atoms with Gasteiger partial charge in [0.2, 0.25) is 0 Å². The molecule has 0 aliphatic carbocycles. The predicted octanol–water partition coefficient (Wildman–Crippen LogP) is -5.78. The van der Waals surface area contributed by atoms with Gasteiger partial charge in [0, 0.05) is 0 Å². The van der Waals surface area contributed by atoms with E-state index in [1.165, 1.54) is 0 Å². The van der Waals surface area contributed by atoms with Crippen molar-refractivity contribution < 1.29 is 51.5 Å². The van der Waals surface area contributed by atoms with Gasteiger partial charge < -0.3 is 46.7 Å². The van der Waals surface area contributed by atoms with E-state index >= 15 is 0 Å². The first-order valence-corrected chi connectivity index (χ1v) is 4.07. The summed E-state index contributed by atoms with van der Waals surface area (Å²) in [4.78, 5) is 10.2. The van der Waals surface area contributed by atoms with E-state index < -0.39 is 43.1 Å². The lowest BCUT2D eigenvalue weighted by Gasteiger charge is -2.26. The van der Waals surface area contributed by atoms with E-state index in [4.69, 9.17) is 35.7 Å². The summed E-state index contributed by atoms with van der Waals surface area (Å²) in [6, 6.07) is 0. The van der Waals surface area contributed by atoms with E-state index in [-0.39, 0.29) is 11.0 Å². The van der Waals surface area contributed by atoms with Crippen LogP contribution < -0.4 is 0 Å². The Morgan fingerprint density at radius 1 is 0.882 bits per heavy atom. The molecule has 0 saturated heterocycles. The molecule has 0 aromatic rings. The van der Waals surface area contributed by atoms with Gasteiger partial charge in [-0.15, -0.1) is 0 Å². The van der Waals surface area contributed by atoms with Crippen LogP contribution in [0.1, 0.15) is 0 Å². The first-order valence-electron chi connectivity index (χ1n) is 4.07. The number of aliphatic hydroxyl groups is 6. The quantitative estimate of drug-likeness (QED) is 0.243.